The van der Waals surface area contributed by atoms with Crippen molar-refractivity contribution in [2.45, 2.75) is 83.1 Å². The fourth-order valence-corrected chi connectivity index (χ4v) is 5.09. The maximum atomic E-state index is 13.4. The van der Waals surface area contributed by atoms with Crippen LogP contribution in [0.4, 0.5) is 0 Å². The third-order valence-corrected chi connectivity index (χ3v) is 7.42. The molecule has 1 aromatic carbocycles. The van der Waals surface area contributed by atoms with Crippen LogP contribution in [0.5, 0.6) is 0 Å². The van der Waals surface area contributed by atoms with E-state index >= 15 is 0 Å². The zero-order valence-electron chi connectivity index (χ0n) is 23.7. The van der Waals surface area contributed by atoms with E-state index < -0.39 is 53.9 Å². The summed E-state index contributed by atoms with van der Waals surface area (Å²) in [4.78, 5) is 65.4. The summed E-state index contributed by atoms with van der Waals surface area (Å²) < 4.78 is 0. The standard InChI is InChI=1S/C28H43N5O6S/c1-17(2)15-20(29)27(37)33-13-8-11-23(33)26(36)32-22(16-19-9-6-5-7-10-19)25(35)30-18(3)24(34)31-21(28(38)39)12-14-40-4/h5-7,9-10,17-18,20-23H,8,11-16,29H2,1-4H3,(H,30,35)(H,31,34)(H,32,36)(H,38,39)/t18-,20-,21-,22-,23-/m0/s1. The van der Waals surface area contributed by atoms with Crippen molar-refractivity contribution >= 4 is 41.4 Å². The molecule has 0 aromatic heterocycles. The van der Waals surface area contributed by atoms with Gasteiger partial charge in [-0.2, -0.15) is 11.8 Å². The van der Waals surface area contributed by atoms with Gasteiger partial charge < -0.3 is 31.7 Å². The first-order valence-electron chi connectivity index (χ1n) is 13.7. The van der Waals surface area contributed by atoms with Crippen LogP contribution in [0.1, 0.15) is 52.0 Å². The predicted molar refractivity (Wildman–Crippen MR) is 154 cm³/mol. The Morgan fingerprint density at radius 3 is 2.30 bits per heavy atom. The van der Waals surface area contributed by atoms with Gasteiger partial charge in [0, 0.05) is 13.0 Å². The molecule has 0 saturated carbocycles. The second-order valence-electron chi connectivity index (χ2n) is 10.6. The first-order valence-corrected chi connectivity index (χ1v) is 15.1. The summed E-state index contributed by atoms with van der Waals surface area (Å²) in [5, 5.41) is 17.3. The van der Waals surface area contributed by atoms with Crippen molar-refractivity contribution in [1.29, 1.82) is 0 Å². The van der Waals surface area contributed by atoms with Gasteiger partial charge in [-0.05, 0) is 56.1 Å². The van der Waals surface area contributed by atoms with Gasteiger partial charge in [0.25, 0.3) is 0 Å². The van der Waals surface area contributed by atoms with E-state index in [4.69, 9.17) is 5.73 Å². The average Bonchev–Trinajstić information content (AvgIpc) is 3.40. The van der Waals surface area contributed by atoms with Crippen molar-refractivity contribution in [3.8, 4) is 0 Å². The van der Waals surface area contributed by atoms with Gasteiger partial charge in [-0.1, -0.05) is 44.2 Å². The second-order valence-corrected chi connectivity index (χ2v) is 11.6. The maximum Gasteiger partial charge on any atom is 0.326 e. The molecular formula is C28H43N5O6S. The van der Waals surface area contributed by atoms with Crippen LogP contribution in [-0.4, -0.2) is 88.4 Å². The Balaban J connectivity index is 2.14. The van der Waals surface area contributed by atoms with Crippen LogP contribution < -0.4 is 21.7 Å². The SMILES string of the molecule is CSCC[C@H](NC(=O)[C@H](C)NC(=O)[C@H](Cc1ccccc1)NC(=O)[C@@H]1CCCN1C(=O)[C@@H](N)CC(C)C)C(=O)O. The third kappa shape index (κ3) is 10.1. The highest BCUT2D eigenvalue weighted by molar-refractivity contribution is 7.98. The van der Waals surface area contributed by atoms with Gasteiger partial charge in [-0.15, -0.1) is 0 Å². The van der Waals surface area contributed by atoms with Crippen LogP contribution >= 0.6 is 11.8 Å². The predicted octanol–water partition coefficient (Wildman–Crippen LogP) is 0.906. The van der Waals surface area contributed by atoms with Crippen LogP contribution in [-0.2, 0) is 30.4 Å². The van der Waals surface area contributed by atoms with Crippen molar-refractivity contribution in [3.63, 3.8) is 0 Å². The number of carboxylic acid groups (broad SMARTS) is 1. The number of carbonyl (C=O) groups is 5. The molecule has 2 rings (SSSR count). The van der Waals surface area contributed by atoms with Gasteiger partial charge in [-0.3, -0.25) is 19.2 Å². The molecule has 1 aliphatic heterocycles. The minimum absolute atomic E-state index is 0.158. The Morgan fingerprint density at radius 1 is 1.02 bits per heavy atom. The van der Waals surface area contributed by atoms with E-state index in [-0.39, 0.29) is 24.7 Å². The molecule has 40 heavy (non-hydrogen) atoms. The molecule has 1 saturated heterocycles. The Morgan fingerprint density at radius 2 is 1.70 bits per heavy atom. The molecule has 1 aromatic rings. The van der Waals surface area contributed by atoms with Crippen LogP contribution in [0, 0.1) is 5.92 Å². The lowest BCUT2D eigenvalue weighted by Gasteiger charge is -2.29. The summed E-state index contributed by atoms with van der Waals surface area (Å²) >= 11 is 1.46. The zero-order valence-corrected chi connectivity index (χ0v) is 24.5. The largest absolute Gasteiger partial charge is 0.480 e. The highest BCUT2D eigenvalue weighted by Crippen LogP contribution is 2.20. The number of thioether (sulfide) groups is 1. The minimum atomic E-state index is -1.15. The normalized spacial score (nSPS) is 17.9. The summed E-state index contributed by atoms with van der Waals surface area (Å²) in [6.07, 6.45) is 3.84. The first kappa shape index (κ1) is 33.1. The lowest BCUT2D eigenvalue weighted by Crippen LogP contribution is -2.58. The van der Waals surface area contributed by atoms with Crippen molar-refractivity contribution in [2.24, 2.45) is 11.7 Å². The number of hydrogen-bond donors (Lipinski definition) is 5. The number of hydrogen-bond acceptors (Lipinski definition) is 7. The number of benzene rings is 1. The van der Waals surface area contributed by atoms with Crippen LogP contribution in [0.3, 0.4) is 0 Å². The number of carbonyl (C=O) groups excluding carboxylic acids is 4. The van der Waals surface area contributed by atoms with Crippen molar-refractivity contribution < 1.29 is 29.1 Å². The van der Waals surface area contributed by atoms with Crippen molar-refractivity contribution in [2.75, 3.05) is 18.6 Å². The molecule has 222 valence electrons. The summed E-state index contributed by atoms with van der Waals surface area (Å²) in [7, 11) is 0. The number of nitrogens with zero attached hydrogens (tertiary/aromatic N) is 1. The molecule has 12 heteroatoms. The topological polar surface area (TPSA) is 171 Å². The summed E-state index contributed by atoms with van der Waals surface area (Å²) in [5.41, 5.74) is 6.91. The molecular weight excluding hydrogens is 534 g/mol. The fourth-order valence-electron chi connectivity index (χ4n) is 4.62. The molecule has 1 heterocycles. The number of nitrogens with two attached hydrogens (primary N) is 1. The first-order chi connectivity index (χ1) is 18.9. The van der Waals surface area contributed by atoms with Gasteiger partial charge in [-0.25, -0.2) is 4.79 Å². The second kappa shape index (κ2) is 16.2. The van der Waals surface area contributed by atoms with E-state index in [1.54, 1.807) is 0 Å². The Hall–Kier alpha value is -3.12. The molecule has 4 amide bonds. The molecule has 1 aliphatic rings. The van der Waals surface area contributed by atoms with Crippen LogP contribution in [0.25, 0.3) is 0 Å². The molecule has 0 aliphatic carbocycles. The summed E-state index contributed by atoms with van der Waals surface area (Å²) in [6, 6.07) is 4.51. The van der Waals surface area contributed by atoms with E-state index in [2.05, 4.69) is 16.0 Å². The molecule has 5 atom stereocenters. The van der Waals surface area contributed by atoms with Gasteiger partial charge in [0.2, 0.25) is 23.6 Å². The molecule has 6 N–H and O–H groups in total. The van der Waals surface area contributed by atoms with Gasteiger partial charge in [0.05, 0.1) is 6.04 Å². The number of amides is 4. The third-order valence-electron chi connectivity index (χ3n) is 6.77. The van der Waals surface area contributed by atoms with E-state index in [1.807, 2.05) is 50.4 Å². The Kier molecular flexibility index (Phi) is 13.4. The van der Waals surface area contributed by atoms with E-state index in [9.17, 15) is 29.1 Å². The van der Waals surface area contributed by atoms with Crippen molar-refractivity contribution in [1.82, 2.24) is 20.9 Å². The monoisotopic (exact) mass is 577 g/mol. The molecule has 0 unspecified atom stereocenters. The Labute approximate surface area is 240 Å². The number of aliphatic carboxylic acids is 1. The Bertz CT molecular complexity index is 1020. The van der Waals surface area contributed by atoms with Gasteiger partial charge >= 0.3 is 5.97 Å². The molecule has 11 nitrogen and oxygen atoms in total. The molecule has 0 bridgehead atoms. The molecule has 0 radical (unpaired) electrons. The summed E-state index contributed by atoms with van der Waals surface area (Å²) in [5.74, 6) is -2.36. The minimum Gasteiger partial charge on any atom is -0.480 e. The summed E-state index contributed by atoms with van der Waals surface area (Å²) in [6.45, 7) is 5.81. The van der Waals surface area contributed by atoms with Gasteiger partial charge in [0.1, 0.15) is 24.2 Å². The lowest BCUT2D eigenvalue weighted by molar-refractivity contribution is -0.142. The smallest absolute Gasteiger partial charge is 0.326 e. The fraction of sp³-hybridized carbons (Fsp3) is 0.607. The van der Waals surface area contributed by atoms with E-state index in [0.29, 0.717) is 31.6 Å². The van der Waals surface area contributed by atoms with Gasteiger partial charge in [0.15, 0.2) is 0 Å². The number of likely N-dealkylation sites (tertiary alicyclic amines) is 1. The lowest BCUT2D eigenvalue weighted by atomic mass is 10.0. The van der Waals surface area contributed by atoms with E-state index in [0.717, 1.165) is 5.56 Å². The number of carboxylic acids is 1. The highest BCUT2D eigenvalue weighted by atomic mass is 32.2. The number of nitrogens with one attached hydrogen (secondary N) is 3. The van der Waals surface area contributed by atoms with E-state index in [1.165, 1.54) is 23.6 Å². The zero-order chi connectivity index (χ0) is 29.8. The van der Waals surface area contributed by atoms with Crippen LogP contribution in [0.2, 0.25) is 0 Å². The maximum absolute atomic E-state index is 13.4. The van der Waals surface area contributed by atoms with Crippen LogP contribution in [0.15, 0.2) is 30.3 Å². The van der Waals surface area contributed by atoms with Crippen molar-refractivity contribution in [3.05, 3.63) is 35.9 Å². The molecule has 0 spiro atoms. The average molecular weight is 578 g/mol. The molecule has 1 fully saturated rings. The number of rotatable bonds is 15. The quantitative estimate of drug-likeness (QED) is 0.205. The highest BCUT2D eigenvalue weighted by Gasteiger charge is 2.38.